The number of hydrogen-bond acceptors (Lipinski definition) is 1. The molecule has 0 aliphatic carbocycles. The van der Waals surface area contributed by atoms with Gasteiger partial charge in [0.15, 0.2) is 11.6 Å². The Labute approximate surface area is 97.8 Å². The van der Waals surface area contributed by atoms with Crippen molar-refractivity contribution in [3.05, 3.63) is 35.1 Å². The minimum Gasteiger partial charge on any atom is -0.373 e. The molecule has 2 rings (SSSR count). The van der Waals surface area contributed by atoms with E-state index in [-0.39, 0.29) is 18.3 Å². The van der Waals surface area contributed by atoms with E-state index >= 15 is 0 Å². The van der Waals surface area contributed by atoms with E-state index in [2.05, 4.69) is 5.32 Å². The third-order valence-corrected chi connectivity index (χ3v) is 2.78. The largest absolute Gasteiger partial charge is 0.373 e. The minimum absolute atomic E-state index is 0.0278. The first-order valence-corrected chi connectivity index (χ1v) is 5.55. The van der Waals surface area contributed by atoms with Crippen LogP contribution in [-0.2, 0) is 11.3 Å². The maximum Gasteiger partial charge on any atom is 0.161 e. The number of piperidine rings is 1. The normalized spacial score (nSPS) is 17.4. The van der Waals surface area contributed by atoms with Crippen molar-refractivity contribution in [1.29, 1.82) is 0 Å². The van der Waals surface area contributed by atoms with Gasteiger partial charge < -0.3 is 4.74 Å². The van der Waals surface area contributed by atoms with Crippen LogP contribution in [0.3, 0.4) is 0 Å². The maximum atomic E-state index is 13.3. The van der Waals surface area contributed by atoms with Crippen molar-refractivity contribution >= 4 is 0 Å². The van der Waals surface area contributed by atoms with Crippen LogP contribution in [0.2, 0.25) is 0 Å². The molecule has 0 saturated carbocycles. The SMILES string of the molecule is Fc1cc(F)c(COC2CC[N]CC2)cc1F. The molecule has 1 saturated heterocycles. The van der Waals surface area contributed by atoms with Gasteiger partial charge in [-0.3, -0.25) is 0 Å². The number of nitrogens with zero attached hydrogens (tertiary/aromatic N) is 1. The summed E-state index contributed by atoms with van der Waals surface area (Å²) in [5, 5.41) is 4.16. The van der Waals surface area contributed by atoms with Crippen LogP contribution < -0.4 is 5.32 Å². The molecule has 17 heavy (non-hydrogen) atoms. The molecule has 5 heteroatoms. The number of ether oxygens (including phenoxy) is 1. The van der Waals surface area contributed by atoms with Crippen LogP contribution in [0.1, 0.15) is 18.4 Å². The van der Waals surface area contributed by atoms with Crippen molar-refractivity contribution in [1.82, 2.24) is 5.32 Å². The second-order valence-corrected chi connectivity index (χ2v) is 4.04. The number of rotatable bonds is 3. The highest BCUT2D eigenvalue weighted by atomic mass is 19.2. The van der Waals surface area contributed by atoms with Gasteiger partial charge in [-0.05, 0) is 18.9 Å². The lowest BCUT2D eigenvalue weighted by atomic mass is 10.1. The van der Waals surface area contributed by atoms with E-state index < -0.39 is 17.5 Å². The summed E-state index contributed by atoms with van der Waals surface area (Å²) < 4.78 is 44.3. The third-order valence-electron chi connectivity index (χ3n) is 2.78. The molecule has 1 aromatic carbocycles. The standard InChI is InChI=1S/C12H13F3NO/c13-10-6-12(15)11(14)5-8(10)7-17-9-1-3-16-4-2-9/h5-6,9H,1-4,7H2. The van der Waals surface area contributed by atoms with Gasteiger partial charge in [0.2, 0.25) is 0 Å². The zero-order valence-corrected chi connectivity index (χ0v) is 9.26. The molecule has 1 aliphatic heterocycles. The molecule has 1 heterocycles. The van der Waals surface area contributed by atoms with Crippen molar-refractivity contribution in [3.63, 3.8) is 0 Å². The first kappa shape index (κ1) is 12.4. The first-order chi connectivity index (χ1) is 8.16. The molecule has 0 atom stereocenters. The number of halogens is 3. The van der Waals surface area contributed by atoms with Gasteiger partial charge >= 0.3 is 0 Å². The Balaban J connectivity index is 1.96. The highest BCUT2D eigenvalue weighted by Crippen LogP contribution is 2.17. The predicted octanol–water partition coefficient (Wildman–Crippen LogP) is 2.39. The van der Waals surface area contributed by atoms with Crippen LogP contribution >= 0.6 is 0 Å². The minimum atomic E-state index is -1.18. The molecular weight excluding hydrogens is 231 g/mol. The lowest BCUT2D eigenvalue weighted by Crippen LogP contribution is -2.28. The van der Waals surface area contributed by atoms with Crippen molar-refractivity contribution in [2.45, 2.75) is 25.6 Å². The van der Waals surface area contributed by atoms with Crippen LogP contribution in [0.5, 0.6) is 0 Å². The summed E-state index contributed by atoms with van der Waals surface area (Å²) in [6, 6.07) is 1.39. The maximum absolute atomic E-state index is 13.3. The molecule has 1 fully saturated rings. The highest BCUT2D eigenvalue weighted by Gasteiger charge is 2.16. The molecule has 2 nitrogen and oxygen atoms in total. The van der Waals surface area contributed by atoms with Crippen LogP contribution in [0, 0.1) is 17.5 Å². The fourth-order valence-electron chi connectivity index (χ4n) is 1.78. The van der Waals surface area contributed by atoms with E-state index in [4.69, 9.17) is 4.74 Å². The Morgan fingerprint density at radius 1 is 1.06 bits per heavy atom. The summed E-state index contributed by atoms with van der Waals surface area (Å²) in [6.45, 7) is 1.45. The van der Waals surface area contributed by atoms with Gasteiger partial charge in [-0.25, -0.2) is 18.5 Å². The Morgan fingerprint density at radius 2 is 1.71 bits per heavy atom. The molecule has 0 amide bonds. The van der Waals surface area contributed by atoms with Gasteiger partial charge in [-0.15, -0.1) is 0 Å². The van der Waals surface area contributed by atoms with Crippen LogP contribution in [0.15, 0.2) is 12.1 Å². The summed E-state index contributed by atoms with van der Waals surface area (Å²) >= 11 is 0. The van der Waals surface area contributed by atoms with Crippen LogP contribution in [0.4, 0.5) is 13.2 Å². The average molecular weight is 244 g/mol. The van der Waals surface area contributed by atoms with E-state index in [1.54, 1.807) is 0 Å². The van der Waals surface area contributed by atoms with E-state index in [1.165, 1.54) is 0 Å². The van der Waals surface area contributed by atoms with Crippen molar-refractivity contribution < 1.29 is 17.9 Å². The first-order valence-electron chi connectivity index (χ1n) is 5.55. The highest BCUT2D eigenvalue weighted by molar-refractivity contribution is 5.19. The smallest absolute Gasteiger partial charge is 0.161 e. The van der Waals surface area contributed by atoms with Crippen molar-refractivity contribution in [2.24, 2.45) is 0 Å². The zero-order chi connectivity index (χ0) is 12.3. The molecule has 0 N–H and O–H groups in total. The second-order valence-electron chi connectivity index (χ2n) is 4.04. The number of benzene rings is 1. The van der Waals surface area contributed by atoms with Gasteiger partial charge in [0, 0.05) is 24.7 Å². The van der Waals surface area contributed by atoms with E-state index in [0.29, 0.717) is 6.07 Å². The van der Waals surface area contributed by atoms with Gasteiger partial charge in [-0.1, -0.05) is 0 Å². The van der Waals surface area contributed by atoms with Crippen molar-refractivity contribution in [2.75, 3.05) is 13.1 Å². The second kappa shape index (κ2) is 5.51. The third kappa shape index (κ3) is 3.20. The summed E-state index contributed by atoms with van der Waals surface area (Å²) in [7, 11) is 0. The Kier molecular flexibility index (Phi) is 4.02. The van der Waals surface area contributed by atoms with Crippen molar-refractivity contribution in [3.8, 4) is 0 Å². The molecule has 0 bridgehead atoms. The van der Waals surface area contributed by atoms with Crippen LogP contribution in [0.25, 0.3) is 0 Å². The molecular formula is C12H13F3NO. The van der Waals surface area contributed by atoms with E-state index in [0.717, 1.165) is 32.0 Å². The average Bonchev–Trinajstić information content (AvgIpc) is 2.33. The van der Waals surface area contributed by atoms with Gasteiger partial charge in [-0.2, -0.15) is 0 Å². The summed E-state index contributed by atoms with van der Waals surface area (Å²) in [5.74, 6) is -3.00. The van der Waals surface area contributed by atoms with Gasteiger partial charge in [0.25, 0.3) is 0 Å². The fourth-order valence-corrected chi connectivity index (χ4v) is 1.78. The van der Waals surface area contributed by atoms with E-state index in [1.807, 2.05) is 0 Å². The zero-order valence-electron chi connectivity index (χ0n) is 9.26. The van der Waals surface area contributed by atoms with E-state index in [9.17, 15) is 13.2 Å². The quantitative estimate of drug-likeness (QED) is 0.749. The van der Waals surface area contributed by atoms with Gasteiger partial charge in [0.1, 0.15) is 5.82 Å². The predicted molar refractivity (Wildman–Crippen MR) is 56.0 cm³/mol. The van der Waals surface area contributed by atoms with Gasteiger partial charge in [0.05, 0.1) is 12.7 Å². The summed E-state index contributed by atoms with van der Waals surface area (Å²) in [6.07, 6.45) is 1.62. The topological polar surface area (TPSA) is 23.3 Å². The summed E-state index contributed by atoms with van der Waals surface area (Å²) in [4.78, 5) is 0. The molecule has 1 radical (unpaired) electrons. The molecule has 1 aromatic rings. The molecule has 1 aliphatic rings. The lowest BCUT2D eigenvalue weighted by Gasteiger charge is -2.22. The Bertz CT molecular complexity index is 392. The Hall–Kier alpha value is -1.07. The molecule has 0 unspecified atom stereocenters. The Morgan fingerprint density at radius 3 is 2.41 bits per heavy atom. The summed E-state index contributed by atoms with van der Waals surface area (Å²) in [5.41, 5.74) is 0.0476. The molecule has 0 spiro atoms. The monoisotopic (exact) mass is 244 g/mol. The molecule has 93 valence electrons. The van der Waals surface area contributed by atoms with Crippen LogP contribution in [-0.4, -0.2) is 19.2 Å². The fraction of sp³-hybridized carbons (Fsp3) is 0.500. The molecule has 0 aromatic heterocycles. The number of hydrogen-bond donors (Lipinski definition) is 0. The lowest BCUT2D eigenvalue weighted by molar-refractivity contribution is 0.0192.